The molecule has 268 valence electrons. The summed E-state index contributed by atoms with van der Waals surface area (Å²) in [5.74, 6) is 0.470. The molecular formula is C39H67N3O5. The van der Waals surface area contributed by atoms with Crippen LogP contribution in [-0.4, -0.2) is 103 Å². The van der Waals surface area contributed by atoms with E-state index in [-0.39, 0.29) is 29.6 Å². The molecular weight excluding hydrogens is 590 g/mol. The van der Waals surface area contributed by atoms with Crippen LogP contribution in [0.4, 0.5) is 0 Å². The van der Waals surface area contributed by atoms with Crippen LogP contribution in [-0.2, 0) is 32.0 Å². The predicted molar refractivity (Wildman–Crippen MR) is 190 cm³/mol. The summed E-state index contributed by atoms with van der Waals surface area (Å²) >= 11 is 0. The van der Waals surface area contributed by atoms with Gasteiger partial charge in [0.1, 0.15) is 12.4 Å². The number of aliphatic hydroxyl groups is 1. The highest BCUT2D eigenvalue weighted by Gasteiger charge is 2.47. The molecule has 0 spiro atoms. The van der Waals surface area contributed by atoms with Crippen LogP contribution in [0.3, 0.4) is 0 Å². The number of nitrogens with zero attached hydrogens (tertiary/aromatic N) is 3. The molecule has 1 aromatic rings. The lowest BCUT2D eigenvalue weighted by Gasteiger charge is -2.47. The molecule has 3 heterocycles. The SMILES string of the molecule is CCCN1C[C@H](C)C[C@@](C)(OC)[C@H](O[C@@H]2O[C@H](C)C[C@H](N(C)C)[C@H]2O)[C@H](C)CC(C)(C)COC=C1CCCN1Cc2ccccc2C1. The quantitative estimate of drug-likeness (QED) is 0.300. The third-order valence-electron chi connectivity index (χ3n) is 10.7. The van der Waals surface area contributed by atoms with Crippen molar-refractivity contribution in [1.82, 2.24) is 14.7 Å². The number of hydrogen-bond donors (Lipinski definition) is 1. The summed E-state index contributed by atoms with van der Waals surface area (Å²) in [4.78, 5) is 7.21. The van der Waals surface area contributed by atoms with Crippen molar-refractivity contribution in [1.29, 1.82) is 0 Å². The number of fused-ring (bicyclic) bond motifs is 1. The second-order valence-electron chi connectivity index (χ2n) is 16.2. The molecule has 0 saturated carbocycles. The van der Waals surface area contributed by atoms with E-state index in [0.717, 1.165) is 71.2 Å². The van der Waals surface area contributed by atoms with E-state index in [4.69, 9.17) is 18.9 Å². The van der Waals surface area contributed by atoms with Crippen molar-refractivity contribution in [3.8, 4) is 0 Å². The van der Waals surface area contributed by atoms with Gasteiger partial charge < -0.3 is 33.9 Å². The summed E-state index contributed by atoms with van der Waals surface area (Å²) in [5, 5.41) is 11.4. The van der Waals surface area contributed by atoms with E-state index in [1.165, 1.54) is 16.8 Å². The Morgan fingerprint density at radius 2 is 1.70 bits per heavy atom. The standard InChI is InChI=1S/C39H67N3O5/c1-11-18-42-23-28(2)21-39(7,44-10)36(47-37-35(43)34(40(8)9)20-30(4)46-37)29(3)22-38(5,6)27-45-26-33(42)17-14-19-41-24-31-15-12-13-16-32(31)25-41/h12-13,15-16,26,28-30,34-37,43H,11,14,17-25,27H2,1-10H3/t28-,29-,30-,34+,35-,36-,37+,39-/m1/s1. The van der Waals surface area contributed by atoms with Gasteiger partial charge in [-0.25, -0.2) is 0 Å². The molecule has 0 radical (unpaired) electrons. The maximum atomic E-state index is 11.4. The van der Waals surface area contributed by atoms with Gasteiger partial charge in [0.15, 0.2) is 6.29 Å². The molecule has 0 amide bonds. The zero-order valence-corrected chi connectivity index (χ0v) is 31.3. The maximum Gasteiger partial charge on any atom is 0.185 e. The first-order valence-corrected chi connectivity index (χ1v) is 18.3. The fourth-order valence-corrected chi connectivity index (χ4v) is 8.49. The van der Waals surface area contributed by atoms with Crippen molar-refractivity contribution in [2.75, 3.05) is 47.4 Å². The molecule has 3 aliphatic rings. The summed E-state index contributed by atoms with van der Waals surface area (Å²) in [7, 11) is 5.85. The van der Waals surface area contributed by atoms with Gasteiger partial charge in [0.2, 0.25) is 0 Å². The van der Waals surface area contributed by atoms with Crippen molar-refractivity contribution in [3.05, 3.63) is 47.4 Å². The van der Waals surface area contributed by atoms with Crippen LogP contribution in [0.2, 0.25) is 0 Å². The zero-order chi connectivity index (χ0) is 34.4. The molecule has 1 aromatic carbocycles. The molecule has 0 unspecified atom stereocenters. The fraction of sp³-hybridized carbons (Fsp3) is 0.795. The van der Waals surface area contributed by atoms with Crippen LogP contribution >= 0.6 is 0 Å². The Balaban J connectivity index is 1.53. The molecule has 8 atom stereocenters. The van der Waals surface area contributed by atoms with E-state index in [9.17, 15) is 5.11 Å². The van der Waals surface area contributed by atoms with Gasteiger partial charge in [-0.2, -0.15) is 0 Å². The largest absolute Gasteiger partial charge is 0.499 e. The van der Waals surface area contributed by atoms with E-state index >= 15 is 0 Å². The van der Waals surface area contributed by atoms with Gasteiger partial charge in [-0.1, -0.05) is 58.9 Å². The minimum Gasteiger partial charge on any atom is -0.499 e. The second kappa shape index (κ2) is 16.8. The third kappa shape index (κ3) is 10.2. The fourth-order valence-electron chi connectivity index (χ4n) is 8.49. The van der Waals surface area contributed by atoms with Crippen LogP contribution in [0.5, 0.6) is 0 Å². The molecule has 8 nitrogen and oxygen atoms in total. The number of likely N-dealkylation sites (N-methyl/N-ethyl adjacent to an activating group) is 1. The summed E-state index contributed by atoms with van der Waals surface area (Å²) in [5.41, 5.74) is 3.56. The Morgan fingerprint density at radius 3 is 2.32 bits per heavy atom. The summed E-state index contributed by atoms with van der Waals surface area (Å²) in [6.07, 6.45) is 5.98. The molecule has 1 fully saturated rings. The average molecular weight is 658 g/mol. The van der Waals surface area contributed by atoms with Gasteiger partial charge in [0, 0.05) is 45.0 Å². The molecule has 4 rings (SSSR count). The number of rotatable bonds is 10. The Bertz CT molecular complexity index is 1120. The second-order valence-corrected chi connectivity index (χ2v) is 16.2. The van der Waals surface area contributed by atoms with Crippen LogP contribution < -0.4 is 0 Å². The van der Waals surface area contributed by atoms with E-state index in [1.54, 1.807) is 0 Å². The van der Waals surface area contributed by atoms with Gasteiger partial charge in [-0.3, -0.25) is 4.90 Å². The number of ether oxygens (including phenoxy) is 4. The van der Waals surface area contributed by atoms with Crippen molar-refractivity contribution in [2.45, 2.75) is 136 Å². The average Bonchev–Trinajstić information content (AvgIpc) is 3.42. The van der Waals surface area contributed by atoms with Crippen molar-refractivity contribution < 1.29 is 24.1 Å². The van der Waals surface area contributed by atoms with Gasteiger partial charge in [-0.05, 0) is 101 Å². The Morgan fingerprint density at radius 1 is 1.02 bits per heavy atom. The minimum absolute atomic E-state index is 0.00804. The van der Waals surface area contributed by atoms with Crippen molar-refractivity contribution >= 4 is 0 Å². The number of methoxy groups -OCH3 is 1. The Kier molecular flexibility index (Phi) is 13.6. The van der Waals surface area contributed by atoms with Crippen molar-refractivity contribution in [3.63, 3.8) is 0 Å². The molecule has 0 bridgehead atoms. The maximum absolute atomic E-state index is 11.4. The summed E-state index contributed by atoms with van der Waals surface area (Å²) < 4.78 is 26.1. The topological polar surface area (TPSA) is 66.9 Å². The molecule has 3 aliphatic heterocycles. The third-order valence-corrected chi connectivity index (χ3v) is 10.7. The number of aliphatic hydroxyl groups excluding tert-OH is 1. The molecule has 47 heavy (non-hydrogen) atoms. The molecule has 1 saturated heterocycles. The Hall–Kier alpha value is -1.68. The first-order valence-electron chi connectivity index (χ1n) is 18.3. The van der Waals surface area contributed by atoms with Crippen LogP contribution in [0, 0.1) is 17.3 Å². The molecule has 0 aromatic heterocycles. The highest BCUT2D eigenvalue weighted by atomic mass is 16.7. The lowest BCUT2D eigenvalue weighted by molar-refractivity contribution is -0.298. The zero-order valence-electron chi connectivity index (χ0n) is 31.3. The van der Waals surface area contributed by atoms with E-state index in [0.29, 0.717) is 12.5 Å². The first-order chi connectivity index (χ1) is 22.2. The minimum atomic E-state index is -0.741. The molecule has 0 aliphatic carbocycles. The van der Waals surface area contributed by atoms with E-state index in [1.807, 2.05) is 21.2 Å². The van der Waals surface area contributed by atoms with E-state index < -0.39 is 18.0 Å². The van der Waals surface area contributed by atoms with Crippen molar-refractivity contribution in [2.24, 2.45) is 17.3 Å². The summed E-state index contributed by atoms with van der Waals surface area (Å²) in [6, 6.07) is 8.81. The number of hydrogen-bond acceptors (Lipinski definition) is 8. The first kappa shape index (κ1) is 38.1. The van der Waals surface area contributed by atoms with Crippen LogP contribution in [0.15, 0.2) is 36.2 Å². The highest BCUT2D eigenvalue weighted by molar-refractivity contribution is 5.30. The predicted octanol–water partition coefficient (Wildman–Crippen LogP) is 6.66. The smallest absolute Gasteiger partial charge is 0.185 e. The Labute approximate surface area is 286 Å². The van der Waals surface area contributed by atoms with E-state index in [2.05, 4.69) is 93.7 Å². The number of benzene rings is 1. The van der Waals surface area contributed by atoms with Gasteiger partial charge in [-0.15, -0.1) is 0 Å². The lowest BCUT2D eigenvalue weighted by atomic mass is 9.75. The lowest BCUT2D eigenvalue weighted by Crippen LogP contribution is -2.58. The van der Waals surface area contributed by atoms with Gasteiger partial charge >= 0.3 is 0 Å². The van der Waals surface area contributed by atoms with Crippen LogP contribution in [0.1, 0.15) is 98.1 Å². The molecule has 1 N–H and O–H groups in total. The van der Waals surface area contributed by atoms with Gasteiger partial charge in [0.05, 0.1) is 24.4 Å². The highest BCUT2D eigenvalue weighted by Crippen LogP contribution is 2.39. The molecule has 8 heteroatoms. The van der Waals surface area contributed by atoms with Crippen LogP contribution in [0.25, 0.3) is 0 Å². The normalized spacial score (nSPS) is 34.2. The monoisotopic (exact) mass is 658 g/mol. The number of allylic oxidation sites excluding steroid dienone is 1. The van der Waals surface area contributed by atoms with Gasteiger partial charge in [0.25, 0.3) is 0 Å². The summed E-state index contributed by atoms with van der Waals surface area (Å²) in [6.45, 7) is 21.4.